The zero-order chi connectivity index (χ0) is 11.0. The standard InChI is InChI=1S/C8H16N2O4.Na/c1-4-10(14-6-5-13-3)9-7(2)8(11)12;/h4-6H2,1-3H3,(H,11,12);/q;+1/p-1. The van der Waals surface area contributed by atoms with Crippen LogP contribution in [0.2, 0.25) is 0 Å². The number of carbonyl (C=O) groups is 1. The number of methoxy groups -OCH3 is 1. The molecule has 0 fully saturated rings. The zero-order valence-corrected chi connectivity index (χ0v) is 11.6. The third kappa shape index (κ3) is 8.83. The molecule has 0 aliphatic rings. The number of carboxylic acid groups (broad SMARTS) is 1. The van der Waals surface area contributed by atoms with E-state index in [9.17, 15) is 9.90 Å². The molecule has 0 heterocycles. The quantitative estimate of drug-likeness (QED) is 0.191. The summed E-state index contributed by atoms with van der Waals surface area (Å²) in [6.45, 7) is 4.34. The average molecular weight is 226 g/mol. The largest absolute Gasteiger partial charge is 1.00 e. The van der Waals surface area contributed by atoms with E-state index >= 15 is 0 Å². The maximum Gasteiger partial charge on any atom is 1.00 e. The Hall–Kier alpha value is -0.140. The minimum Gasteiger partial charge on any atom is -0.543 e. The molecule has 0 aromatic heterocycles. The SMILES string of the molecule is CCN(N=C(C)C(=O)[O-])OCCOC.[Na+]. The molecular formula is C8H15N2NaO4. The smallest absolute Gasteiger partial charge is 0.543 e. The Morgan fingerprint density at radius 3 is 2.47 bits per heavy atom. The van der Waals surface area contributed by atoms with E-state index < -0.39 is 5.97 Å². The van der Waals surface area contributed by atoms with Crippen molar-refractivity contribution in [2.24, 2.45) is 5.10 Å². The van der Waals surface area contributed by atoms with Crippen LogP contribution in [0.25, 0.3) is 0 Å². The number of aliphatic carboxylic acids is 1. The summed E-state index contributed by atoms with van der Waals surface area (Å²) in [4.78, 5) is 15.4. The van der Waals surface area contributed by atoms with Gasteiger partial charge in [-0.1, -0.05) is 0 Å². The van der Waals surface area contributed by atoms with Gasteiger partial charge in [0.25, 0.3) is 0 Å². The minimum absolute atomic E-state index is 0. The number of hydrogen-bond acceptors (Lipinski definition) is 6. The van der Waals surface area contributed by atoms with Crippen molar-refractivity contribution in [1.82, 2.24) is 5.17 Å². The van der Waals surface area contributed by atoms with Crippen LogP contribution in [0.15, 0.2) is 5.10 Å². The van der Waals surface area contributed by atoms with Crippen molar-refractivity contribution in [3.05, 3.63) is 0 Å². The molecule has 0 aliphatic carbocycles. The van der Waals surface area contributed by atoms with Gasteiger partial charge in [0.1, 0.15) is 6.61 Å². The van der Waals surface area contributed by atoms with E-state index in [0.717, 1.165) is 0 Å². The summed E-state index contributed by atoms with van der Waals surface area (Å²) in [7, 11) is 1.55. The van der Waals surface area contributed by atoms with Crippen molar-refractivity contribution in [2.45, 2.75) is 13.8 Å². The first-order valence-corrected chi connectivity index (χ1v) is 4.27. The van der Waals surface area contributed by atoms with E-state index in [0.29, 0.717) is 19.8 Å². The van der Waals surface area contributed by atoms with Gasteiger partial charge in [0.2, 0.25) is 0 Å². The Labute approximate surface area is 111 Å². The van der Waals surface area contributed by atoms with Gasteiger partial charge in [0.05, 0.1) is 24.8 Å². The van der Waals surface area contributed by atoms with E-state index in [-0.39, 0.29) is 35.3 Å². The molecule has 0 saturated carbocycles. The minimum atomic E-state index is -1.31. The van der Waals surface area contributed by atoms with Crippen LogP contribution in [0.5, 0.6) is 0 Å². The number of hydrogen-bond donors (Lipinski definition) is 0. The maximum absolute atomic E-state index is 10.3. The van der Waals surface area contributed by atoms with Crippen molar-refractivity contribution in [3.8, 4) is 0 Å². The van der Waals surface area contributed by atoms with Gasteiger partial charge in [-0.2, -0.15) is 10.3 Å². The Morgan fingerprint density at radius 2 is 2.07 bits per heavy atom. The van der Waals surface area contributed by atoms with Crippen molar-refractivity contribution < 1.29 is 49.0 Å². The second kappa shape index (κ2) is 10.4. The monoisotopic (exact) mass is 226 g/mol. The van der Waals surface area contributed by atoms with Crippen LogP contribution >= 0.6 is 0 Å². The summed E-state index contributed by atoms with van der Waals surface area (Å²) in [6, 6.07) is 0. The molecule has 0 spiro atoms. The Bertz CT molecular complexity index is 211. The molecule has 0 saturated heterocycles. The van der Waals surface area contributed by atoms with Crippen LogP contribution in [0, 0.1) is 0 Å². The Balaban J connectivity index is 0. The van der Waals surface area contributed by atoms with Gasteiger partial charge in [-0.05, 0) is 13.8 Å². The summed E-state index contributed by atoms with van der Waals surface area (Å²) in [5.41, 5.74) is -0.121. The normalized spacial score (nSPS) is 10.7. The van der Waals surface area contributed by atoms with Gasteiger partial charge < -0.3 is 14.6 Å². The molecule has 0 radical (unpaired) electrons. The average Bonchev–Trinajstić information content (AvgIpc) is 2.16. The summed E-state index contributed by atoms with van der Waals surface area (Å²) in [5.74, 6) is -1.31. The van der Waals surface area contributed by atoms with Gasteiger partial charge >= 0.3 is 29.6 Å². The van der Waals surface area contributed by atoms with Crippen molar-refractivity contribution in [1.29, 1.82) is 0 Å². The Kier molecular flexibility index (Phi) is 11.9. The van der Waals surface area contributed by atoms with Crippen LogP contribution in [0.1, 0.15) is 13.8 Å². The summed E-state index contributed by atoms with van der Waals surface area (Å²) >= 11 is 0. The summed E-state index contributed by atoms with van der Waals surface area (Å²) < 4.78 is 4.76. The van der Waals surface area contributed by atoms with Gasteiger partial charge in [-0.25, -0.2) is 0 Å². The molecule has 0 rings (SSSR count). The predicted molar refractivity (Wildman–Crippen MR) is 48.3 cm³/mol. The zero-order valence-electron chi connectivity index (χ0n) is 9.65. The molecule has 6 nitrogen and oxygen atoms in total. The molecule has 0 N–H and O–H groups in total. The van der Waals surface area contributed by atoms with Gasteiger partial charge in [0, 0.05) is 7.11 Å². The van der Waals surface area contributed by atoms with Crippen LogP contribution in [-0.2, 0) is 14.4 Å². The van der Waals surface area contributed by atoms with Crippen molar-refractivity contribution in [2.75, 3.05) is 26.9 Å². The molecule has 82 valence electrons. The number of carboxylic acids is 1. The van der Waals surface area contributed by atoms with Crippen LogP contribution < -0.4 is 34.7 Å². The number of rotatable bonds is 7. The first kappa shape index (κ1) is 17.3. The van der Waals surface area contributed by atoms with E-state index in [1.807, 2.05) is 0 Å². The number of carbonyl (C=O) groups excluding carboxylic acids is 1. The van der Waals surface area contributed by atoms with E-state index in [1.54, 1.807) is 14.0 Å². The molecule has 0 amide bonds. The fraction of sp³-hybridized carbons (Fsp3) is 0.750. The van der Waals surface area contributed by atoms with Crippen molar-refractivity contribution >= 4 is 11.7 Å². The van der Waals surface area contributed by atoms with E-state index in [1.165, 1.54) is 12.1 Å². The van der Waals surface area contributed by atoms with Gasteiger partial charge in [0.15, 0.2) is 0 Å². The first-order chi connectivity index (χ1) is 6.61. The molecule has 0 aromatic carbocycles. The third-order valence-electron chi connectivity index (χ3n) is 1.36. The predicted octanol–water partition coefficient (Wildman–Crippen LogP) is -3.98. The van der Waals surface area contributed by atoms with Gasteiger partial charge in [-0.3, -0.25) is 4.84 Å². The first-order valence-electron chi connectivity index (χ1n) is 4.27. The second-order valence-electron chi connectivity index (χ2n) is 2.47. The third-order valence-corrected chi connectivity index (χ3v) is 1.36. The van der Waals surface area contributed by atoms with Crippen LogP contribution in [0.4, 0.5) is 0 Å². The fourth-order valence-electron chi connectivity index (χ4n) is 0.625. The molecule has 0 unspecified atom stereocenters. The maximum atomic E-state index is 10.3. The number of hydroxylamine groups is 1. The summed E-state index contributed by atoms with van der Waals surface area (Å²) in [6.07, 6.45) is 0. The fourth-order valence-corrected chi connectivity index (χ4v) is 0.625. The molecular weight excluding hydrogens is 211 g/mol. The van der Waals surface area contributed by atoms with E-state index in [4.69, 9.17) is 9.57 Å². The molecule has 15 heavy (non-hydrogen) atoms. The number of ether oxygens (including phenoxy) is 1. The van der Waals surface area contributed by atoms with Crippen LogP contribution in [0.3, 0.4) is 0 Å². The molecule has 0 aromatic rings. The topological polar surface area (TPSA) is 74.2 Å². The molecule has 0 bridgehead atoms. The molecule has 0 aliphatic heterocycles. The van der Waals surface area contributed by atoms with E-state index in [2.05, 4.69) is 5.10 Å². The molecule has 7 heteroatoms. The Morgan fingerprint density at radius 1 is 1.47 bits per heavy atom. The van der Waals surface area contributed by atoms with Crippen molar-refractivity contribution in [3.63, 3.8) is 0 Å². The number of hydrazone groups is 1. The molecule has 0 atom stereocenters. The number of nitrogens with zero attached hydrogens (tertiary/aromatic N) is 2. The summed E-state index contributed by atoms with van der Waals surface area (Å²) in [5, 5.41) is 15.2. The van der Waals surface area contributed by atoms with Crippen LogP contribution in [-0.4, -0.2) is 43.7 Å². The second-order valence-corrected chi connectivity index (χ2v) is 2.47. The van der Waals surface area contributed by atoms with Gasteiger partial charge in [-0.15, -0.1) is 0 Å².